The fraction of sp³-hybridized carbons (Fsp3) is 0.500. The minimum atomic E-state index is 0. The Morgan fingerprint density at radius 3 is 1.73 bits per heavy atom. The molecule has 0 spiro atoms. The van der Waals surface area contributed by atoms with E-state index >= 15 is 0 Å². The van der Waals surface area contributed by atoms with Gasteiger partial charge in [-0.05, 0) is 12.0 Å². The van der Waals surface area contributed by atoms with Crippen LogP contribution >= 0.6 is 0 Å². The molecule has 0 aliphatic heterocycles. The molecule has 85 valence electrons. The van der Waals surface area contributed by atoms with E-state index in [2.05, 4.69) is 44.2 Å². The molecule has 0 aliphatic rings. The van der Waals surface area contributed by atoms with Gasteiger partial charge in [-0.15, -0.1) is 0 Å². The second kappa shape index (κ2) is 19.8. The summed E-state index contributed by atoms with van der Waals surface area (Å²) in [5.41, 5.74) is 1.44. The van der Waals surface area contributed by atoms with Gasteiger partial charge in [-0.25, -0.2) is 0 Å². The van der Waals surface area contributed by atoms with E-state index < -0.39 is 0 Å². The quantitative estimate of drug-likeness (QED) is 0.677. The van der Waals surface area contributed by atoms with Crippen molar-refractivity contribution in [1.29, 1.82) is 0 Å². The zero-order valence-electron chi connectivity index (χ0n) is 10.8. The second-order valence-electron chi connectivity index (χ2n) is 2.74. The van der Waals surface area contributed by atoms with Gasteiger partial charge in [0.1, 0.15) is 0 Å². The third-order valence-corrected chi connectivity index (χ3v) is 1.38. The standard InChI is InChI=1S/C9H12.C3H7.C2H6.Y/c1-2-6-9-7-4-3-5-8-9;1-3-2;1-2;/h3-5,7-8H,2,6H2,1H3;1,3H2,2H3;1-2H3;/q;-1;;. The average molecular weight is 282 g/mol. The molecule has 15 heavy (non-hydrogen) atoms. The monoisotopic (exact) mass is 282 g/mol. The van der Waals surface area contributed by atoms with Crippen LogP contribution in [0.15, 0.2) is 30.3 Å². The molecule has 1 radical (unpaired) electrons. The minimum absolute atomic E-state index is 0. The van der Waals surface area contributed by atoms with Crippen molar-refractivity contribution in [2.45, 2.75) is 47.0 Å². The van der Waals surface area contributed by atoms with Crippen LogP contribution in [0.3, 0.4) is 0 Å². The van der Waals surface area contributed by atoms with Crippen molar-refractivity contribution in [3.05, 3.63) is 42.8 Å². The molecule has 0 bridgehead atoms. The fourth-order valence-corrected chi connectivity index (χ4v) is 0.933. The SMILES string of the molecule is CC.CCCc1ccccc1.[CH2-]CC.[Y]. The molecule has 0 heterocycles. The Balaban J connectivity index is -0.000000209. The van der Waals surface area contributed by atoms with Gasteiger partial charge in [-0.2, -0.15) is 6.42 Å². The molecule has 0 saturated carbocycles. The first kappa shape index (κ1) is 20.7. The molecule has 1 aromatic carbocycles. The molecule has 0 unspecified atom stereocenters. The first-order valence-corrected chi connectivity index (χ1v) is 5.68. The number of hydrogen-bond acceptors (Lipinski definition) is 0. The van der Waals surface area contributed by atoms with Crippen LogP contribution in [0, 0.1) is 6.92 Å². The van der Waals surface area contributed by atoms with Gasteiger partial charge in [0.05, 0.1) is 0 Å². The summed E-state index contributed by atoms with van der Waals surface area (Å²) in [5.74, 6) is 0. The maximum Gasteiger partial charge on any atom is 0 e. The molecule has 1 heteroatoms. The van der Waals surface area contributed by atoms with Gasteiger partial charge in [0.25, 0.3) is 0 Å². The molecule has 1 rings (SSSR count). The van der Waals surface area contributed by atoms with Gasteiger partial charge >= 0.3 is 0 Å². The van der Waals surface area contributed by atoms with Crippen LogP contribution in [0.4, 0.5) is 0 Å². The Kier molecular flexibility index (Phi) is 27.4. The van der Waals surface area contributed by atoms with Crippen molar-refractivity contribution in [3.8, 4) is 0 Å². The predicted octanol–water partition coefficient (Wildman–Crippen LogP) is 4.89. The Hall–Kier alpha value is 0.324. The molecule has 0 N–H and O–H groups in total. The van der Waals surface area contributed by atoms with Gasteiger partial charge in [0, 0.05) is 32.7 Å². The molecular weight excluding hydrogens is 257 g/mol. The first-order valence-electron chi connectivity index (χ1n) is 5.68. The summed E-state index contributed by atoms with van der Waals surface area (Å²) in [5, 5.41) is 0. The van der Waals surface area contributed by atoms with Gasteiger partial charge in [-0.1, -0.05) is 64.4 Å². The summed E-state index contributed by atoms with van der Waals surface area (Å²) in [7, 11) is 0. The largest absolute Gasteiger partial charge is 0.344 e. The molecule has 0 nitrogen and oxygen atoms in total. The Morgan fingerprint density at radius 1 is 1.00 bits per heavy atom. The maximum atomic E-state index is 3.49. The molecule has 0 aromatic heterocycles. The van der Waals surface area contributed by atoms with E-state index in [0.717, 1.165) is 6.42 Å². The summed E-state index contributed by atoms with van der Waals surface area (Å²) in [6, 6.07) is 10.6. The van der Waals surface area contributed by atoms with Crippen LogP contribution in [0.2, 0.25) is 0 Å². The molecule has 0 fully saturated rings. The predicted molar refractivity (Wildman–Crippen MR) is 67.4 cm³/mol. The minimum Gasteiger partial charge on any atom is -0.344 e. The van der Waals surface area contributed by atoms with Crippen molar-refractivity contribution in [3.63, 3.8) is 0 Å². The fourth-order valence-electron chi connectivity index (χ4n) is 0.933. The Morgan fingerprint density at radius 2 is 1.40 bits per heavy atom. The van der Waals surface area contributed by atoms with Crippen molar-refractivity contribution < 1.29 is 32.7 Å². The maximum absolute atomic E-state index is 3.49. The smallest absolute Gasteiger partial charge is 0 e. The summed E-state index contributed by atoms with van der Waals surface area (Å²) in [6.45, 7) is 11.7. The van der Waals surface area contributed by atoms with E-state index in [1.165, 1.54) is 18.4 Å². The topological polar surface area (TPSA) is 0 Å². The summed E-state index contributed by atoms with van der Waals surface area (Å²) < 4.78 is 0. The first-order chi connectivity index (χ1) is 6.85. The van der Waals surface area contributed by atoms with Crippen molar-refractivity contribution in [1.82, 2.24) is 0 Å². The molecule has 0 saturated heterocycles. The van der Waals surface area contributed by atoms with Crippen LogP contribution in [0.25, 0.3) is 0 Å². The molecule has 0 aliphatic carbocycles. The normalized spacial score (nSPS) is 7.27. The summed E-state index contributed by atoms with van der Waals surface area (Å²) >= 11 is 0. The van der Waals surface area contributed by atoms with Gasteiger partial charge in [-0.3, -0.25) is 0 Å². The van der Waals surface area contributed by atoms with Gasteiger partial charge in [0.2, 0.25) is 0 Å². The van der Waals surface area contributed by atoms with E-state index in [1.54, 1.807) is 0 Å². The van der Waals surface area contributed by atoms with Gasteiger partial charge in [0.15, 0.2) is 0 Å². The zero-order chi connectivity index (χ0) is 11.2. The van der Waals surface area contributed by atoms with Crippen molar-refractivity contribution in [2.24, 2.45) is 0 Å². The second-order valence-corrected chi connectivity index (χ2v) is 2.74. The summed E-state index contributed by atoms with van der Waals surface area (Å²) in [4.78, 5) is 0. The van der Waals surface area contributed by atoms with Crippen molar-refractivity contribution >= 4 is 0 Å². The Labute approximate surface area is 122 Å². The molecular formula is C14H25Y-. The van der Waals surface area contributed by atoms with Crippen LogP contribution in [0.1, 0.15) is 46.1 Å². The van der Waals surface area contributed by atoms with E-state index in [0.29, 0.717) is 0 Å². The summed E-state index contributed by atoms with van der Waals surface area (Å²) in [6.07, 6.45) is 3.45. The van der Waals surface area contributed by atoms with E-state index in [1.807, 2.05) is 20.8 Å². The third kappa shape index (κ3) is 17.0. The number of hydrogen-bond donors (Lipinski definition) is 0. The third-order valence-electron chi connectivity index (χ3n) is 1.38. The molecule has 1 aromatic rings. The number of aryl methyl sites for hydroxylation is 1. The Bertz CT molecular complexity index is 170. The number of rotatable bonds is 2. The number of benzene rings is 1. The van der Waals surface area contributed by atoms with E-state index in [9.17, 15) is 0 Å². The van der Waals surface area contributed by atoms with Gasteiger partial charge < -0.3 is 6.92 Å². The van der Waals surface area contributed by atoms with Crippen LogP contribution in [0.5, 0.6) is 0 Å². The average Bonchev–Trinajstić information content (AvgIpc) is 2.24. The van der Waals surface area contributed by atoms with E-state index in [-0.39, 0.29) is 32.7 Å². The van der Waals surface area contributed by atoms with Crippen molar-refractivity contribution in [2.75, 3.05) is 0 Å². The van der Waals surface area contributed by atoms with E-state index in [4.69, 9.17) is 0 Å². The van der Waals surface area contributed by atoms with Crippen LogP contribution in [-0.4, -0.2) is 0 Å². The molecule has 0 amide bonds. The van der Waals surface area contributed by atoms with Crippen LogP contribution < -0.4 is 0 Å². The van der Waals surface area contributed by atoms with Crippen LogP contribution in [-0.2, 0) is 39.1 Å². The zero-order valence-corrected chi connectivity index (χ0v) is 13.6. The molecule has 0 atom stereocenters.